The van der Waals surface area contributed by atoms with E-state index in [0.29, 0.717) is 28.8 Å². The van der Waals surface area contributed by atoms with Gasteiger partial charge in [0.25, 0.3) is 0 Å². The lowest BCUT2D eigenvalue weighted by Crippen LogP contribution is -2.26. The molecular formula is C11H13Cl2NO2. The fourth-order valence-electron chi connectivity index (χ4n) is 1.45. The summed E-state index contributed by atoms with van der Waals surface area (Å²) >= 11 is 12.1. The molecule has 1 aromatic carbocycles. The van der Waals surface area contributed by atoms with Gasteiger partial charge >= 0.3 is 5.97 Å². The molecule has 1 N–H and O–H groups in total. The third-order valence-electron chi connectivity index (χ3n) is 2.23. The van der Waals surface area contributed by atoms with Gasteiger partial charge in [-0.3, -0.25) is 4.79 Å². The highest BCUT2D eigenvalue weighted by molar-refractivity contribution is 6.39. The van der Waals surface area contributed by atoms with Crippen molar-refractivity contribution in [3.8, 4) is 0 Å². The summed E-state index contributed by atoms with van der Waals surface area (Å²) in [4.78, 5) is 12.4. The minimum atomic E-state index is -0.832. The number of aliphatic carboxylic acids is 1. The van der Waals surface area contributed by atoms with Gasteiger partial charge in [0, 0.05) is 13.1 Å². The van der Waals surface area contributed by atoms with E-state index in [9.17, 15) is 4.79 Å². The molecule has 0 spiro atoms. The summed E-state index contributed by atoms with van der Waals surface area (Å²) in [6, 6.07) is 5.25. The highest BCUT2D eigenvalue weighted by Crippen LogP contribution is 2.33. The predicted octanol–water partition coefficient (Wildman–Crippen LogP) is 3.29. The number of hydrogen-bond donors (Lipinski definition) is 1. The molecule has 0 aliphatic rings. The van der Waals surface area contributed by atoms with Crippen LogP contribution < -0.4 is 4.90 Å². The first kappa shape index (κ1) is 13.1. The molecule has 0 unspecified atom stereocenters. The van der Waals surface area contributed by atoms with Gasteiger partial charge in [0.15, 0.2) is 0 Å². The zero-order valence-corrected chi connectivity index (χ0v) is 10.4. The molecule has 1 aromatic rings. The van der Waals surface area contributed by atoms with Gasteiger partial charge in [0.1, 0.15) is 0 Å². The van der Waals surface area contributed by atoms with Gasteiger partial charge in [-0.25, -0.2) is 0 Å². The van der Waals surface area contributed by atoms with E-state index >= 15 is 0 Å². The lowest BCUT2D eigenvalue weighted by atomic mass is 10.2. The molecule has 3 nitrogen and oxygen atoms in total. The van der Waals surface area contributed by atoms with Crippen LogP contribution in [-0.2, 0) is 4.79 Å². The van der Waals surface area contributed by atoms with Crippen LogP contribution in [0, 0.1) is 0 Å². The maximum absolute atomic E-state index is 10.5. The van der Waals surface area contributed by atoms with Crippen LogP contribution in [0.5, 0.6) is 0 Å². The molecule has 16 heavy (non-hydrogen) atoms. The van der Waals surface area contributed by atoms with Gasteiger partial charge in [-0.1, -0.05) is 29.3 Å². The Labute approximate surface area is 105 Å². The number of benzene rings is 1. The average molecular weight is 262 g/mol. The van der Waals surface area contributed by atoms with Crippen LogP contribution in [0.1, 0.15) is 13.3 Å². The smallest absolute Gasteiger partial charge is 0.305 e. The zero-order chi connectivity index (χ0) is 12.1. The Morgan fingerprint density at radius 1 is 1.38 bits per heavy atom. The van der Waals surface area contributed by atoms with Crippen molar-refractivity contribution in [2.24, 2.45) is 0 Å². The average Bonchev–Trinajstić information content (AvgIpc) is 2.22. The second-order valence-electron chi connectivity index (χ2n) is 3.29. The number of anilines is 1. The first-order chi connectivity index (χ1) is 7.56. The molecule has 0 heterocycles. The summed E-state index contributed by atoms with van der Waals surface area (Å²) < 4.78 is 0. The van der Waals surface area contributed by atoms with Gasteiger partial charge in [-0.05, 0) is 19.1 Å². The highest BCUT2D eigenvalue weighted by atomic mass is 35.5. The molecule has 0 amide bonds. The SMILES string of the molecule is CCN(CCC(=O)O)c1c(Cl)cccc1Cl. The third kappa shape index (κ3) is 3.29. The van der Waals surface area contributed by atoms with Gasteiger partial charge in [0.05, 0.1) is 22.2 Å². The lowest BCUT2D eigenvalue weighted by molar-refractivity contribution is -0.136. The van der Waals surface area contributed by atoms with E-state index in [1.54, 1.807) is 18.2 Å². The summed E-state index contributed by atoms with van der Waals surface area (Å²) in [5, 5.41) is 9.73. The van der Waals surface area contributed by atoms with E-state index in [2.05, 4.69) is 0 Å². The number of rotatable bonds is 5. The van der Waals surface area contributed by atoms with Crippen molar-refractivity contribution in [1.29, 1.82) is 0 Å². The summed E-state index contributed by atoms with van der Waals surface area (Å²) in [6.45, 7) is 2.99. The molecule has 0 saturated heterocycles. The molecule has 0 fully saturated rings. The van der Waals surface area contributed by atoms with Crippen molar-refractivity contribution in [2.75, 3.05) is 18.0 Å². The maximum Gasteiger partial charge on any atom is 0.305 e. The van der Waals surface area contributed by atoms with Crippen molar-refractivity contribution in [2.45, 2.75) is 13.3 Å². The Morgan fingerprint density at radius 2 is 1.94 bits per heavy atom. The molecule has 5 heteroatoms. The number of carboxylic acid groups (broad SMARTS) is 1. The van der Waals surface area contributed by atoms with Gasteiger partial charge in [-0.15, -0.1) is 0 Å². The third-order valence-corrected chi connectivity index (χ3v) is 2.84. The van der Waals surface area contributed by atoms with E-state index < -0.39 is 5.97 Å². The number of para-hydroxylation sites is 1. The monoisotopic (exact) mass is 261 g/mol. The Kier molecular flexibility index (Phi) is 4.90. The normalized spacial score (nSPS) is 10.2. The number of nitrogens with zero attached hydrogens (tertiary/aromatic N) is 1. The molecule has 0 radical (unpaired) electrons. The summed E-state index contributed by atoms with van der Waals surface area (Å²) in [7, 11) is 0. The Balaban J connectivity index is 2.90. The van der Waals surface area contributed by atoms with Crippen molar-refractivity contribution >= 4 is 34.9 Å². The van der Waals surface area contributed by atoms with Crippen molar-refractivity contribution < 1.29 is 9.90 Å². The lowest BCUT2D eigenvalue weighted by Gasteiger charge is -2.24. The summed E-state index contributed by atoms with van der Waals surface area (Å²) in [5.74, 6) is -0.832. The number of carboxylic acids is 1. The molecule has 0 bridgehead atoms. The van der Waals surface area contributed by atoms with Crippen molar-refractivity contribution in [1.82, 2.24) is 0 Å². The highest BCUT2D eigenvalue weighted by Gasteiger charge is 2.13. The molecular weight excluding hydrogens is 249 g/mol. The van der Waals surface area contributed by atoms with Crippen LogP contribution in [0.25, 0.3) is 0 Å². The van der Waals surface area contributed by atoms with Crippen LogP contribution in [0.4, 0.5) is 5.69 Å². The van der Waals surface area contributed by atoms with Gasteiger partial charge in [-0.2, -0.15) is 0 Å². The predicted molar refractivity (Wildman–Crippen MR) is 66.6 cm³/mol. The standard InChI is InChI=1S/C11H13Cl2NO2/c1-2-14(7-6-10(15)16)11-8(12)4-3-5-9(11)13/h3-5H,2,6-7H2,1H3,(H,15,16). The fraction of sp³-hybridized carbons (Fsp3) is 0.364. The van der Waals surface area contributed by atoms with Crippen LogP contribution in [0.2, 0.25) is 10.0 Å². The quantitative estimate of drug-likeness (QED) is 0.885. The molecule has 0 aliphatic carbocycles. The first-order valence-electron chi connectivity index (χ1n) is 4.97. The number of carbonyl (C=O) groups is 1. The molecule has 0 aromatic heterocycles. The Bertz CT molecular complexity index is 362. The van der Waals surface area contributed by atoms with Crippen molar-refractivity contribution in [3.63, 3.8) is 0 Å². The van der Waals surface area contributed by atoms with Crippen LogP contribution >= 0.6 is 23.2 Å². The van der Waals surface area contributed by atoms with Crippen LogP contribution in [0.3, 0.4) is 0 Å². The van der Waals surface area contributed by atoms with Gasteiger partial charge in [0.2, 0.25) is 0 Å². The second-order valence-corrected chi connectivity index (χ2v) is 4.11. The largest absolute Gasteiger partial charge is 0.481 e. The molecule has 0 saturated carbocycles. The Morgan fingerprint density at radius 3 is 2.38 bits per heavy atom. The number of hydrogen-bond acceptors (Lipinski definition) is 2. The van der Waals surface area contributed by atoms with E-state index in [1.165, 1.54) is 0 Å². The molecule has 0 aliphatic heterocycles. The minimum absolute atomic E-state index is 0.0649. The van der Waals surface area contributed by atoms with E-state index in [0.717, 1.165) is 0 Å². The fourth-order valence-corrected chi connectivity index (χ4v) is 2.09. The van der Waals surface area contributed by atoms with Crippen LogP contribution in [0.15, 0.2) is 18.2 Å². The first-order valence-corrected chi connectivity index (χ1v) is 5.72. The second kappa shape index (κ2) is 5.97. The van der Waals surface area contributed by atoms with E-state index in [4.69, 9.17) is 28.3 Å². The maximum atomic E-state index is 10.5. The van der Waals surface area contributed by atoms with E-state index in [1.807, 2.05) is 11.8 Å². The van der Waals surface area contributed by atoms with Gasteiger partial charge < -0.3 is 10.0 Å². The minimum Gasteiger partial charge on any atom is -0.481 e. The zero-order valence-electron chi connectivity index (χ0n) is 8.91. The van der Waals surface area contributed by atoms with Crippen molar-refractivity contribution in [3.05, 3.63) is 28.2 Å². The molecule has 1 rings (SSSR count). The Hall–Kier alpha value is -0.930. The molecule has 88 valence electrons. The van der Waals surface area contributed by atoms with Crippen LogP contribution in [-0.4, -0.2) is 24.2 Å². The molecule has 0 atom stereocenters. The summed E-state index contributed by atoms with van der Waals surface area (Å²) in [5.41, 5.74) is 0.703. The topological polar surface area (TPSA) is 40.5 Å². The summed E-state index contributed by atoms with van der Waals surface area (Å²) in [6.07, 6.45) is 0.0649. The van der Waals surface area contributed by atoms with E-state index in [-0.39, 0.29) is 6.42 Å². The number of halogens is 2.